The Morgan fingerprint density at radius 1 is 1.13 bits per heavy atom. The van der Waals surface area contributed by atoms with Crippen molar-refractivity contribution in [2.45, 2.75) is 31.6 Å². The second kappa shape index (κ2) is 10.3. The van der Waals surface area contributed by atoms with Gasteiger partial charge in [-0.2, -0.15) is 0 Å². The molecular weight excluding hydrogens is 394 g/mol. The number of likely N-dealkylation sites (tertiary alicyclic amines) is 2. The zero-order valence-corrected chi connectivity index (χ0v) is 17.7. The summed E-state index contributed by atoms with van der Waals surface area (Å²) in [6.07, 6.45) is 5.22. The molecule has 2 fully saturated rings. The number of nitrogens with zero attached hydrogens (tertiary/aromatic N) is 4. The molecular formula is C23H29N5O3. The van der Waals surface area contributed by atoms with E-state index in [9.17, 15) is 9.59 Å². The maximum atomic E-state index is 12.6. The van der Waals surface area contributed by atoms with Crippen molar-refractivity contribution in [3.63, 3.8) is 0 Å². The average molecular weight is 424 g/mol. The summed E-state index contributed by atoms with van der Waals surface area (Å²) in [5, 5.41) is 3.23. The largest absolute Gasteiger partial charge is 0.370 e. The Morgan fingerprint density at radius 3 is 2.84 bits per heavy atom. The van der Waals surface area contributed by atoms with Gasteiger partial charge in [-0.1, -0.05) is 12.1 Å². The number of hydrogen-bond donors (Lipinski definition) is 1. The van der Waals surface area contributed by atoms with Crippen molar-refractivity contribution in [2.75, 3.05) is 44.7 Å². The standard InChI is InChI=1S/C23H29N5O3/c29-22-10-5-12-27(22)14-15-31-17-23(30)28-13-4-6-18(16-28)19-7-3-9-21(25-19)26-20-8-1-2-11-24-20/h1-3,7-9,11,18H,4-6,10,12-17H2,(H,24,25,26)/t18-/m1/s1. The van der Waals surface area contributed by atoms with Crippen LogP contribution in [-0.2, 0) is 14.3 Å². The van der Waals surface area contributed by atoms with Crippen molar-refractivity contribution in [3.8, 4) is 0 Å². The maximum absolute atomic E-state index is 12.6. The first kappa shape index (κ1) is 21.2. The number of carbonyl (C=O) groups excluding carboxylic acids is 2. The van der Waals surface area contributed by atoms with Crippen LogP contribution in [0.2, 0.25) is 0 Å². The van der Waals surface area contributed by atoms with Gasteiger partial charge >= 0.3 is 0 Å². The van der Waals surface area contributed by atoms with Gasteiger partial charge in [0.1, 0.15) is 18.2 Å². The van der Waals surface area contributed by atoms with E-state index in [2.05, 4.69) is 10.3 Å². The minimum atomic E-state index is 0.000198. The summed E-state index contributed by atoms with van der Waals surface area (Å²) in [5.41, 5.74) is 0.979. The van der Waals surface area contributed by atoms with E-state index in [1.807, 2.05) is 41.3 Å². The molecule has 1 atom stereocenters. The Labute approximate surface area is 182 Å². The van der Waals surface area contributed by atoms with Gasteiger partial charge in [0.25, 0.3) is 0 Å². The van der Waals surface area contributed by atoms with Crippen LogP contribution in [0, 0.1) is 0 Å². The van der Waals surface area contributed by atoms with Crippen LogP contribution in [0.5, 0.6) is 0 Å². The van der Waals surface area contributed by atoms with Crippen molar-refractivity contribution >= 4 is 23.5 Å². The average Bonchev–Trinajstić information content (AvgIpc) is 3.22. The first-order chi connectivity index (χ1) is 15.2. The molecule has 2 aliphatic rings. The summed E-state index contributed by atoms with van der Waals surface area (Å²) >= 11 is 0. The van der Waals surface area contributed by atoms with Gasteiger partial charge < -0.3 is 19.9 Å². The van der Waals surface area contributed by atoms with Crippen molar-refractivity contribution in [2.24, 2.45) is 0 Å². The third-order valence-corrected chi connectivity index (χ3v) is 5.79. The second-order valence-electron chi connectivity index (χ2n) is 8.00. The molecule has 31 heavy (non-hydrogen) atoms. The highest BCUT2D eigenvalue weighted by Crippen LogP contribution is 2.27. The molecule has 8 nitrogen and oxygen atoms in total. The summed E-state index contributed by atoms with van der Waals surface area (Å²) in [6.45, 7) is 3.21. The summed E-state index contributed by atoms with van der Waals surface area (Å²) < 4.78 is 5.57. The molecule has 4 heterocycles. The molecule has 2 aromatic rings. The lowest BCUT2D eigenvalue weighted by Gasteiger charge is -2.32. The predicted octanol–water partition coefficient (Wildman–Crippen LogP) is 2.57. The van der Waals surface area contributed by atoms with Crippen LogP contribution >= 0.6 is 0 Å². The zero-order chi connectivity index (χ0) is 21.5. The highest BCUT2D eigenvalue weighted by molar-refractivity contribution is 5.78. The lowest BCUT2D eigenvalue weighted by Crippen LogP contribution is -2.41. The van der Waals surface area contributed by atoms with Gasteiger partial charge in [0.05, 0.1) is 6.61 Å². The number of anilines is 2. The Hall–Kier alpha value is -3.00. The van der Waals surface area contributed by atoms with Crippen LogP contribution in [0.1, 0.15) is 37.3 Å². The van der Waals surface area contributed by atoms with Crippen molar-refractivity contribution < 1.29 is 14.3 Å². The van der Waals surface area contributed by atoms with Crippen molar-refractivity contribution in [3.05, 3.63) is 48.3 Å². The number of pyridine rings is 2. The van der Waals surface area contributed by atoms with E-state index in [0.29, 0.717) is 26.1 Å². The quantitative estimate of drug-likeness (QED) is 0.657. The Bertz CT molecular complexity index is 892. The van der Waals surface area contributed by atoms with E-state index >= 15 is 0 Å². The summed E-state index contributed by atoms with van der Waals surface area (Å²) in [7, 11) is 0. The third kappa shape index (κ3) is 5.79. The monoisotopic (exact) mass is 423 g/mol. The predicted molar refractivity (Wildman–Crippen MR) is 117 cm³/mol. The lowest BCUT2D eigenvalue weighted by molar-refractivity contribution is -0.137. The van der Waals surface area contributed by atoms with Gasteiger partial charge in [-0.15, -0.1) is 0 Å². The summed E-state index contributed by atoms with van der Waals surface area (Å²) in [5.74, 6) is 1.88. The van der Waals surface area contributed by atoms with E-state index in [1.54, 1.807) is 11.1 Å². The number of carbonyl (C=O) groups is 2. The topological polar surface area (TPSA) is 87.7 Å². The van der Waals surface area contributed by atoms with Crippen LogP contribution in [0.4, 0.5) is 11.6 Å². The van der Waals surface area contributed by atoms with Crippen LogP contribution in [0.25, 0.3) is 0 Å². The van der Waals surface area contributed by atoms with Crippen molar-refractivity contribution in [1.82, 2.24) is 19.8 Å². The first-order valence-electron chi connectivity index (χ1n) is 11.0. The minimum Gasteiger partial charge on any atom is -0.370 e. The minimum absolute atomic E-state index is 0.000198. The molecule has 0 radical (unpaired) electrons. The van der Waals surface area contributed by atoms with E-state index < -0.39 is 0 Å². The van der Waals surface area contributed by atoms with Crippen molar-refractivity contribution in [1.29, 1.82) is 0 Å². The molecule has 0 saturated carbocycles. The Balaban J connectivity index is 1.27. The molecule has 0 unspecified atom stereocenters. The van der Waals surface area contributed by atoms with Crippen LogP contribution in [0.15, 0.2) is 42.6 Å². The molecule has 2 aliphatic heterocycles. The molecule has 0 aliphatic carbocycles. The summed E-state index contributed by atoms with van der Waals surface area (Å²) in [6, 6.07) is 11.6. The van der Waals surface area contributed by atoms with Gasteiger partial charge in [-0.05, 0) is 43.5 Å². The SMILES string of the molecule is O=C1CCCN1CCOCC(=O)N1CCC[C@@H](c2cccc(Nc3ccccn3)n2)C1. The third-order valence-electron chi connectivity index (χ3n) is 5.79. The van der Waals surface area contributed by atoms with E-state index in [1.165, 1.54) is 0 Å². The van der Waals surface area contributed by atoms with Gasteiger partial charge in [0.2, 0.25) is 11.8 Å². The number of ether oxygens (including phenoxy) is 1. The van der Waals surface area contributed by atoms with Gasteiger partial charge in [0.15, 0.2) is 0 Å². The molecule has 2 amide bonds. The number of aromatic nitrogens is 2. The van der Waals surface area contributed by atoms with Gasteiger partial charge in [0, 0.05) is 50.4 Å². The molecule has 164 valence electrons. The van der Waals surface area contributed by atoms with Crippen LogP contribution in [-0.4, -0.2) is 71.0 Å². The lowest BCUT2D eigenvalue weighted by atomic mass is 9.94. The second-order valence-corrected chi connectivity index (χ2v) is 8.00. The maximum Gasteiger partial charge on any atom is 0.248 e. The highest BCUT2D eigenvalue weighted by atomic mass is 16.5. The fraction of sp³-hybridized carbons (Fsp3) is 0.478. The van der Waals surface area contributed by atoms with Crippen LogP contribution < -0.4 is 5.32 Å². The highest BCUT2D eigenvalue weighted by Gasteiger charge is 2.26. The van der Waals surface area contributed by atoms with E-state index in [4.69, 9.17) is 9.72 Å². The fourth-order valence-electron chi connectivity index (χ4n) is 4.13. The molecule has 0 bridgehead atoms. The molecule has 1 N–H and O–H groups in total. The molecule has 0 spiro atoms. The number of piperidine rings is 1. The number of hydrogen-bond acceptors (Lipinski definition) is 6. The van der Waals surface area contributed by atoms with Crippen LogP contribution in [0.3, 0.4) is 0 Å². The molecule has 0 aromatic carbocycles. The molecule has 4 rings (SSSR count). The van der Waals surface area contributed by atoms with Gasteiger partial charge in [-0.3, -0.25) is 9.59 Å². The molecule has 2 aromatic heterocycles. The Morgan fingerprint density at radius 2 is 2.03 bits per heavy atom. The number of amides is 2. The smallest absolute Gasteiger partial charge is 0.248 e. The molecule has 8 heteroatoms. The normalized spacial score (nSPS) is 19.0. The number of rotatable bonds is 8. The molecule has 2 saturated heterocycles. The fourth-order valence-corrected chi connectivity index (χ4v) is 4.13. The van der Waals surface area contributed by atoms with Gasteiger partial charge in [-0.25, -0.2) is 9.97 Å². The zero-order valence-electron chi connectivity index (χ0n) is 17.7. The Kier molecular flexibility index (Phi) is 7.09. The van der Waals surface area contributed by atoms with E-state index in [0.717, 1.165) is 49.7 Å². The first-order valence-corrected chi connectivity index (χ1v) is 11.0. The van der Waals surface area contributed by atoms with E-state index in [-0.39, 0.29) is 24.3 Å². The number of nitrogens with one attached hydrogen (secondary N) is 1. The summed E-state index contributed by atoms with van der Waals surface area (Å²) in [4.78, 5) is 37.0.